The molecule has 3 rings (SSSR count). The Kier molecular flexibility index (Phi) is 3.96. The minimum Gasteiger partial charge on any atom is -0.508 e. The van der Waals surface area contributed by atoms with Crippen LogP contribution in [0.2, 0.25) is 0 Å². The Morgan fingerprint density at radius 3 is 2.73 bits per heavy atom. The second kappa shape index (κ2) is 6.05. The van der Waals surface area contributed by atoms with Crippen LogP contribution >= 0.6 is 0 Å². The van der Waals surface area contributed by atoms with E-state index < -0.39 is 0 Å². The average molecular weight is 297 g/mol. The maximum atomic E-state index is 12.4. The van der Waals surface area contributed by atoms with Crippen molar-refractivity contribution in [3.8, 4) is 5.75 Å². The number of amides is 1. The number of aromatic nitrogens is 1. The third-order valence-electron chi connectivity index (χ3n) is 3.86. The summed E-state index contributed by atoms with van der Waals surface area (Å²) in [7, 11) is 0. The van der Waals surface area contributed by atoms with Crippen molar-refractivity contribution in [3.63, 3.8) is 0 Å². The van der Waals surface area contributed by atoms with Gasteiger partial charge < -0.3 is 15.3 Å². The number of hydrogen-bond acceptors (Lipinski definition) is 4. The van der Waals surface area contributed by atoms with Gasteiger partial charge >= 0.3 is 0 Å². The van der Waals surface area contributed by atoms with Gasteiger partial charge in [0.05, 0.1) is 0 Å². The zero-order valence-corrected chi connectivity index (χ0v) is 12.5. The van der Waals surface area contributed by atoms with Crippen molar-refractivity contribution >= 4 is 17.4 Å². The largest absolute Gasteiger partial charge is 0.508 e. The number of carbonyl (C=O) groups is 1. The first-order chi connectivity index (χ1) is 10.6. The number of nitrogens with one attached hydrogen (secondary N) is 1. The highest BCUT2D eigenvalue weighted by atomic mass is 16.3. The summed E-state index contributed by atoms with van der Waals surface area (Å²) in [6, 6.07) is 10.4. The molecular formula is C17H19N3O2. The van der Waals surface area contributed by atoms with Crippen LogP contribution in [0.25, 0.3) is 0 Å². The molecule has 0 saturated carbocycles. The molecule has 1 fully saturated rings. The molecule has 0 atom stereocenters. The predicted molar refractivity (Wildman–Crippen MR) is 86.5 cm³/mol. The quantitative estimate of drug-likeness (QED) is 0.855. The molecule has 1 aliphatic rings. The summed E-state index contributed by atoms with van der Waals surface area (Å²) < 4.78 is 0. The van der Waals surface area contributed by atoms with Crippen LogP contribution in [0.5, 0.6) is 5.75 Å². The highest BCUT2D eigenvalue weighted by Gasteiger charge is 2.16. The second-order valence-corrected chi connectivity index (χ2v) is 5.53. The van der Waals surface area contributed by atoms with Gasteiger partial charge in [-0.05, 0) is 55.7 Å². The van der Waals surface area contributed by atoms with Crippen molar-refractivity contribution in [2.75, 3.05) is 23.3 Å². The fraction of sp³-hybridized carbons (Fsp3) is 0.294. The first-order valence-electron chi connectivity index (χ1n) is 7.46. The zero-order chi connectivity index (χ0) is 15.5. The molecule has 0 bridgehead atoms. The highest BCUT2D eigenvalue weighted by Crippen LogP contribution is 2.21. The van der Waals surface area contributed by atoms with Gasteiger partial charge in [0.25, 0.3) is 5.91 Å². The molecule has 0 spiro atoms. The van der Waals surface area contributed by atoms with E-state index in [9.17, 15) is 9.90 Å². The van der Waals surface area contributed by atoms with E-state index in [0.717, 1.165) is 24.5 Å². The van der Waals surface area contributed by atoms with Gasteiger partial charge in [-0.2, -0.15) is 0 Å². The number of benzene rings is 1. The monoisotopic (exact) mass is 297 g/mol. The third kappa shape index (κ3) is 3.03. The molecule has 0 aliphatic carbocycles. The van der Waals surface area contributed by atoms with Crippen molar-refractivity contribution in [1.29, 1.82) is 0 Å². The number of phenols is 1. The third-order valence-corrected chi connectivity index (χ3v) is 3.86. The van der Waals surface area contributed by atoms with Crippen molar-refractivity contribution < 1.29 is 9.90 Å². The number of aromatic hydroxyl groups is 1. The van der Waals surface area contributed by atoms with E-state index in [-0.39, 0.29) is 11.7 Å². The molecule has 5 nitrogen and oxygen atoms in total. The minimum absolute atomic E-state index is 0.185. The Labute approximate surface area is 129 Å². The van der Waals surface area contributed by atoms with Crippen LogP contribution in [0.1, 0.15) is 28.9 Å². The first-order valence-corrected chi connectivity index (χ1v) is 7.46. The van der Waals surface area contributed by atoms with E-state index in [0.29, 0.717) is 11.4 Å². The number of pyridine rings is 1. The number of rotatable bonds is 3. The van der Waals surface area contributed by atoms with Crippen LogP contribution in [0.3, 0.4) is 0 Å². The summed E-state index contributed by atoms with van der Waals surface area (Å²) in [5.74, 6) is 0.798. The van der Waals surface area contributed by atoms with E-state index in [1.807, 2.05) is 19.1 Å². The van der Waals surface area contributed by atoms with Crippen molar-refractivity contribution in [2.45, 2.75) is 19.8 Å². The summed E-state index contributed by atoms with van der Waals surface area (Å²) in [5, 5.41) is 12.3. The van der Waals surface area contributed by atoms with Gasteiger partial charge in [-0.1, -0.05) is 6.07 Å². The maximum absolute atomic E-state index is 12.4. The molecule has 2 aromatic rings. The summed E-state index contributed by atoms with van der Waals surface area (Å²) in [5.41, 5.74) is 1.89. The summed E-state index contributed by atoms with van der Waals surface area (Å²) in [6.07, 6.45) is 2.34. The SMILES string of the molecule is Cc1cc(O)ccc1NC(=O)c1cccc(N2CCCC2)n1. The molecule has 5 heteroatoms. The molecule has 1 saturated heterocycles. The lowest BCUT2D eigenvalue weighted by molar-refractivity contribution is 0.102. The fourth-order valence-electron chi connectivity index (χ4n) is 2.65. The van der Waals surface area contributed by atoms with Crippen LogP contribution in [-0.4, -0.2) is 29.1 Å². The Morgan fingerprint density at radius 2 is 2.00 bits per heavy atom. The minimum atomic E-state index is -0.241. The van der Waals surface area contributed by atoms with Crippen molar-refractivity contribution in [3.05, 3.63) is 47.7 Å². The van der Waals surface area contributed by atoms with Gasteiger partial charge in [-0.25, -0.2) is 4.98 Å². The topological polar surface area (TPSA) is 65.5 Å². The summed E-state index contributed by atoms with van der Waals surface area (Å²) in [4.78, 5) is 19.0. The van der Waals surface area contributed by atoms with Crippen molar-refractivity contribution in [2.24, 2.45) is 0 Å². The molecule has 1 aromatic carbocycles. The lowest BCUT2D eigenvalue weighted by Crippen LogP contribution is -2.21. The fourth-order valence-corrected chi connectivity index (χ4v) is 2.65. The Bertz CT molecular complexity index is 694. The highest BCUT2D eigenvalue weighted by molar-refractivity contribution is 6.03. The molecule has 114 valence electrons. The van der Waals surface area contributed by atoms with Gasteiger partial charge in [-0.3, -0.25) is 4.79 Å². The van der Waals surface area contributed by atoms with Gasteiger partial charge in [-0.15, -0.1) is 0 Å². The number of nitrogens with zero attached hydrogens (tertiary/aromatic N) is 2. The Balaban J connectivity index is 1.78. The molecule has 0 radical (unpaired) electrons. The van der Waals surface area contributed by atoms with Crippen LogP contribution in [0, 0.1) is 6.92 Å². The number of phenolic OH excluding ortho intramolecular Hbond substituents is 1. The standard InChI is InChI=1S/C17H19N3O2/c1-12-11-13(21)7-8-14(12)19-17(22)15-5-4-6-16(18-15)20-9-2-3-10-20/h4-8,11,21H,2-3,9-10H2,1H3,(H,19,22). The summed E-state index contributed by atoms with van der Waals surface area (Å²) in [6.45, 7) is 3.83. The smallest absolute Gasteiger partial charge is 0.274 e. The number of carbonyl (C=O) groups excluding carboxylic acids is 1. The molecule has 0 unspecified atom stereocenters. The number of anilines is 2. The van der Waals surface area contributed by atoms with Gasteiger partial charge in [0.1, 0.15) is 17.3 Å². The van der Waals surface area contributed by atoms with E-state index >= 15 is 0 Å². The lowest BCUT2D eigenvalue weighted by Gasteiger charge is -2.17. The number of hydrogen-bond donors (Lipinski definition) is 2. The second-order valence-electron chi connectivity index (χ2n) is 5.53. The van der Waals surface area contributed by atoms with Crippen LogP contribution in [0.15, 0.2) is 36.4 Å². The zero-order valence-electron chi connectivity index (χ0n) is 12.5. The predicted octanol–water partition coefficient (Wildman–Crippen LogP) is 2.95. The first kappa shape index (κ1) is 14.4. The molecule has 2 heterocycles. The van der Waals surface area contributed by atoms with Gasteiger partial charge in [0, 0.05) is 18.8 Å². The van der Waals surface area contributed by atoms with Gasteiger partial charge in [0.2, 0.25) is 0 Å². The molecule has 1 aromatic heterocycles. The van der Waals surface area contributed by atoms with Crippen LogP contribution in [0.4, 0.5) is 11.5 Å². The molecule has 22 heavy (non-hydrogen) atoms. The molecular weight excluding hydrogens is 278 g/mol. The lowest BCUT2D eigenvalue weighted by atomic mass is 10.2. The van der Waals surface area contributed by atoms with Crippen molar-refractivity contribution in [1.82, 2.24) is 4.98 Å². The average Bonchev–Trinajstić information content (AvgIpc) is 3.04. The summed E-state index contributed by atoms with van der Waals surface area (Å²) >= 11 is 0. The van der Waals surface area contributed by atoms with Crippen LogP contribution in [-0.2, 0) is 0 Å². The molecule has 1 aliphatic heterocycles. The van der Waals surface area contributed by atoms with E-state index in [1.54, 1.807) is 24.3 Å². The normalized spacial score (nSPS) is 14.1. The molecule has 1 amide bonds. The molecule has 2 N–H and O–H groups in total. The number of aryl methyl sites for hydroxylation is 1. The van der Waals surface area contributed by atoms with E-state index in [1.165, 1.54) is 12.8 Å². The van der Waals surface area contributed by atoms with Gasteiger partial charge in [0.15, 0.2) is 0 Å². The Morgan fingerprint density at radius 1 is 1.23 bits per heavy atom. The van der Waals surface area contributed by atoms with E-state index in [2.05, 4.69) is 15.2 Å². The Hall–Kier alpha value is -2.56. The maximum Gasteiger partial charge on any atom is 0.274 e. The van der Waals surface area contributed by atoms with E-state index in [4.69, 9.17) is 0 Å². The van der Waals surface area contributed by atoms with Crippen LogP contribution < -0.4 is 10.2 Å².